The molecule has 0 saturated carbocycles. The molecule has 4 nitrogen and oxygen atoms in total. The molecule has 4 heteroatoms. The summed E-state index contributed by atoms with van der Waals surface area (Å²) >= 11 is 0. The van der Waals surface area contributed by atoms with E-state index in [0.29, 0.717) is 12.3 Å². The number of aliphatic hydroxyl groups excluding tert-OH is 1. The lowest BCUT2D eigenvalue weighted by molar-refractivity contribution is -0.136. The van der Waals surface area contributed by atoms with Gasteiger partial charge in [-0.25, -0.2) is 0 Å². The van der Waals surface area contributed by atoms with Gasteiger partial charge in [0.05, 0.1) is 12.5 Å². The summed E-state index contributed by atoms with van der Waals surface area (Å²) in [5, 5.41) is 10.3. The van der Waals surface area contributed by atoms with Crippen molar-refractivity contribution in [2.45, 2.75) is 19.1 Å². The normalized spacial score (nSPS) is 12.2. The van der Waals surface area contributed by atoms with Gasteiger partial charge < -0.3 is 14.7 Å². The number of ether oxygens (including phenoxy) is 1. The number of rotatable bonds is 6. The van der Waals surface area contributed by atoms with E-state index in [1.807, 2.05) is 49.3 Å². The van der Waals surface area contributed by atoms with Gasteiger partial charge in [-0.15, -0.1) is 0 Å². The second kappa shape index (κ2) is 7.73. The zero-order chi connectivity index (χ0) is 15.9. The molecule has 1 N–H and O–H groups in total. The van der Waals surface area contributed by atoms with Crippen LogP contribution in [0.5, 0.6) is 5.75 Å². The first-order chi connectivity index (χ1) is 10.6. The van der Waals surface area contributed by atoms with Gasteiger partial charge in [0.2, 0.25) is 0 Å². The van der Waals surface area contributed by atoms with Gasteiger partial charge in [-0.1, -0.05) is 42.5 Å². The summed E-state index contributed by atoms with van der Waals surface area (Å²) in [5.41, 5.74) is 1.77. The number of benzene rings is 2. The number of hydrogen-bond donors (Lipinski definition) is 1. The SMILES string of the molecule is CN(C)Cc1ccccc1C(O)CC(=O)Oc1ccccc1. The highest BCUT2D eigenvalue weighted by atomic mass is 16.5. The molecule has 22 heavy (non-hydrogen) atoms. The number of carbonyl (C=O) groups excluding carboxylic acids is 1. The Kier molecular flexibility index (Phi) is 5.69. The summed E-state index contributed by atoms with van der Waals surface area (Å²) in [6, 6.07) is 16.5. The lowest BCUT2D eigenvalue weighted by atomic mass is 10.00. The molecule has 0 aliphatic heterocycles. The lowest BCUT2D eigenvalue weighted by Crippen LogP contribution is -2.16. The molecule has 2 rings (SSSR count). The highest BCUT2D eigenvalue weighted by molar-refractivity contribution is 5.73. The molecule has 2 aromatic carbocycles. The predicted molar refractivity (Wildman–Crippen MR) is 85.5 cm³/mol. The average molecular weight is 299 g/mol. The van der Waals surface area contributed by atoms with Crippen LogP contribution in [0, 0.1) is 0 Å². The fraction of sp³-hybridized carbons (Fsp3) is 0.278. The van der Waals surface area contributed by atoms with Crippen LogP contribution < -0.4 is 4.74 Å². The first-order valence-electron chi connectivity index (χ1n) is 7.22. The van der Waals surface area contributed by atoms with Crippen LogP contribution in [-0.4, -0.2) is 30.1 Å². The Bertz CT molecular complexity index is 611. The predicted octanol–water partition coefficient (Wildman–Crippen LogP) is 2.78. The molecule has 0 spiro atoms. The van der Waals surface area contributed by atoms with Crippen LogP contribution in [0.15, 0.2) is 54.6 Å². The van der Waals surface area contributed by atoms with Crippen molar-refractivity contribution in [3.8, 4) is 5.75 Å². The topological polar surface area (TPSA) is 49.8 Å². The Morgan fingerprint density at radius 2 is 1.73 bits per heavy atom. The largest absolute Gasteiger partial charge is 0.426 e. The van der Waals surface area contributed by atoms with Gasteiger partial charge >= 0.3 is 5.97 Å². The number of aliphatic hydroxyl groups is 1. The summed E-state index contributed by atoms with van der Waals surface area (Å²) in [6.07, 6.45) is -0.938. The summed E-state index contributed by atoms with van der Waals surface area (Å²) in [7, 11) is 3.93. The number of hydrogen-bond acceptors (Lipinski definition) is 4. The van der Waals surface area contributed by atoms with Gasteiger partial charge in [-0.2, -0.15) is 0 Å². The monoisotopic (exact) mass is 299 g/mol. The maximum atomic E-state index is 11.9. The van der Waals surface area contributed by atoms with E-state index in [0.717, 1.165) is 11.1 Å². The standard InChI is InChI=1S/C18H21NO3/c1-19(2)13-14-8-6-7-11-16(14)17(20)12-18(21)22-15-9-4-3-5-10-15/h3-11,17,20H,12-13H2,1-2H3. The fourth-order valence-electron chi connectivity index (χ4n) is 2.27. The third-order valence-electron chi connectivity index (χ3n) is 3.24. The zero-order valence-electron chi connectivity index (χ0n) is 12.9. The molecule has 0 bridgehead atoms. The molecule has 0 radical (unpaired) electrons. The minimum absolute atomic E-state index is 0.0701. The van der Waals surface area contributed by atoms with Crippen molar-refractivity contribution in [1.29, 1.82) is 0 Å². The van der Waals surface area contributed by atoms with Gasteiger partial charge in [-0.3, -0.25) is 4.79 Å². The van der Waals surface area contributed by atoms with Crippen LogP contribution in [-0.2, 0) is 11.3 Å². The van der Waals surface area contributed by atoms with Crippen LogP contribution in [0.1, 0.15) is 23.7 Å². The number of para-hydroxylation sites is 1. The van der Waals surface area contributed by atoms with E-state index in [4.69, 9.17) is 4.74 Å². The molecular weight excluding hydrogens is 278 g/mol. The summed E-state index contributed by atoms with van der Waals surface area (Å²) in [5.74, 6) is 0.0413. The van der Waals surface area contributed by atoms with Crippen molar-refractivity contribution in [2.75, 3.05) is 14.1 Å². The molecule has 1 unspecified atom stereocenters. The van der Waals surface area contributed by atoms with Crippen molar-refractivity contribution >= 4 is 5.97 Å². The van der Waals surface area contributed by atoms with Gasteiger partial charge in [-0.05, 0) is 37.4 Å². The molecule has 0 amide bonds. The van der Waals surface area contributed by atoms with E-state index in [1.54, 1.807) is 24.3 Å². The Morgan fingerprint density at radius 1 is 1.09 bits per heavy atom. The molecule has 0 saturated heterocycles. The fourth-order valence-corrected chi connectivity index (χ4v) is 2.27. The molecule has 116 valence electrons. The van der Waals surface area contributed by atoms with E-state index in [1.165, 1.54) is 0 Å². The van der Waals surface area contributed by atoms with Gasteiger partial charge in [0.15, 0.2) is 0 Å². The van der Waals surface area contributed by atoms with Crippen LogP contribution in [0.3, 0.4) is 0 Å². The number of nitrogens with zero attached hydrogens (tertiary/aromatic N) is 1. The van der Waals surface area contributed by atoms with Gasteiger partial charge in [0.25, 0.3) is 0 Å². The van der Waals surface area contributed by atoms with E-state index in [9.17, 15) is 9.90 Å². The quantitative estimate of drug-likeness (QED) is 0.658. The highest BCUT2D eigenvalue weighted by Crippen LogP contribution is 2.23. The maximum absolute atomic E-state index is 11.9. The first-order valence-corrected chi connectivity index (χ1v) is 7.22. The number of esters is 1. The van der Waals surface area contributed by atoms with Crippen LogP contribution in [0.25, 0.3) is 0 Å². The van der Waals surface area contributed by atoms with E-state index < -0.39 is 12.1 Å². The maximum Gasteiger partial charge on any atom is 0.314 e. The molecule has 1 atom stereocenters. The Hall–Kier alpha value is -2.17. The van der Waals surface area contributed by atoms with Gasteiger partial charge in [0, 0.05) is 6.54 Å². The Labute approximate surface area is 131 Å². The third kappa shape index (κ3) is 4.69. The minimum atomic E-state index is -0.868. The summed E-state index contributed by atoms with van der Waals surface area (Å²) in [4.78, 5) is 14.0. The molecule has 0 fully saturated rings. The van der Waals surface area contributed by atoms with Crippen molar-refractivity contribution in [2.24, 2.45) is 0 Å². The van der Waals surface area contributed by atoms with Crippen LogP contribution in [0.4, 0.5) is 0 Å². The Morgan fingerprint density at radius 3 is 2.41 bits per heavy atom. The highest BCUT2D eigenvalue weighted by Gasteiger charge is 2.17. The van der Waals surface area contributed by atoms with Crippen molar-refractivity contribution < 1.29 is 14.6 Å². The molecule has 0 heterocycles. The first kappa shape index (κ1) is 16.2. The van der Waals surface area contributed by atoms with Crippen molar-refractivity contribution in [3.05, 3.63) is 65.7 Å². The van der Waals surface area contributed by atoms with E-state index in [2.05, 4.69) is 0 Å². The lowest BCUT2D eigenvalue weighted by Gasteiger charge is -2.17. The Balaban J connectivity index is 2.02. The van der Waals surface area contributed by atoms with E-state index >= 15 is 0 Å². The van der Waals surface area contributed by atoms with Gasteiger partial charge in [0.1, 0.15) is 5.75 Å². The molecule has 2 aromatic rings. The number of carbonyl (C=O) groups is 1. The van der Waals surface area contributed by atoms with Crippen molar-refractivity contribution in [3.63, 3.8) is 0 Å². The zero-order valence-corrected chi connectivity index (χ0v) is 12.9. The molecule has 0 aliphatic rings. The van der Waals surface area contributed by atoms with E-state index in [-0.39, 0.29) is 6.42 Å². The molecular formula is C18H21NO3. The average Bonchev–Trinajstić information content (AvgIpc) is 2.48. The van der Waals surface area contributed by atoms with Crippen LogP contribution >= 0.6 is 0 Å². The smallest absolute Gasteiger partial charge is 0.314 e. The van der Waals surface area contributed by atoms with Crippen molar-refractivity contribution in [1.82, 2.24) is 4.90 Å². The second-order valence-corrected chi connectivity index (χ2v) is 5.44. The van der Waals surface area contributed by atoms with Crippen LogP contribution in [0.2, 0.25) is 0 Å². The third-order valence-corrected chi connectivity index (χ3v) is 3.24. The minimum Gasteiger partial charge on any atom is -0.426 e. The molecule has 0 aliphatic carbocycles. The molecule has 0 aromatic heterocycles. The summed E-state index contributed by atoms with van der Waals surface area (Å²) < 4.78 is 5.22. The summed E-state index contributed by atoms with van der Waals surface area (Å²) in [6.45, 7) is 0.709. The second-order valence-electron chi connectivity index (χ2n) is 5.44.